The molecule has 0 bridgehead atoms. The zero-order valence-electron chi connectivity index (χ0n) is 16.4. The number of rotatable bonds is 5. The summed E-state index contributed by atoms with van der Waals surface area (Å²) in [6, 6.07) is 8.38. The van der Waals surface area contributed by atoms with Crippen molar-refractivity contribution in [2.24, 2.45) is 0 Å². The van der Waals surface area contributed by atoms with Gasteiger partial charge in [0.1, 0.15) is 0 Å². The van der Waals surface area contributed by atoms with Gasteiger partial charge in [-0.25, -0.2) is 4.79 Å². The van der Waals surface area contributed by atoms with Crippen molar-refractivity contribution in [3.8, 4) is 0 Å². The fourth-order valence-electron chi connectivity index (χ4n) is 3.89. The average molecular weight is 373 g/mol. The van der Waals surface area contributed by atoms with E-state index in [-0.39, 0.29) is 24.1 Å². The Morgan fingerprint density at radius 2 is 2.04 bits per heavy atom. The second-order valence-corrected chi connectivity index (χ2v) is 7.73. The van der Waals surface area contributed by atoms with Crippen LogP contribution in [0.5, 0.6) is 0 Å². The lowest BCUT2D eigenvalue weighted by molar-refractivity contribution is -0.129. The third-order valence-corrected chi connectivity index (χ3v) is 5.46. The number of carbonyl (C=O) groups is 2. The molecule has 2 fully saturated rings. The molecule has 6 nitrogen and oxygen atoms in total. The highest BCUT2D eigenvalue weighted by Crippen LogP contribution is 2.17. The van der Waals surface area contributed by atoms with Gasteiger partial charge in [0.05, 0.1) is 6.10 Å². The van der Waals surface area contributed by atoms with E-state index < -0.39 is 0 Å². The fraction of sp³-hybridized carbons (Fsp3) is 0.619. The maximum atomic E-state index is 13.0. The zero-order valence-corrected chi connectivity index (χ0v) is 16.4. The highest BCUT2D eigenvalue weighted by atomic mass is 16.5. The molecular formula is C21H31N3O3. The third-order valence-electron chi connectivity index (χ3n) is 5.46. The Kier molecular flexibility index (Phi) is 6.72. The van der Waals surface area contributed by atoms with Crippen LogP contribution in [0.25, 0.3) is 0 Å². The number of hydrogen-bond donors (Lipinski definition) is 1. The molecule has 0 spiro atoms. The topological polar surface area (TPSA) is 61.9 Å². The van der Waals surface area contributed by atoms with Gasteiger partial charge in [0, 0.05) is 45.8 Å². The molecule has 1 N–H and O–H groups in total. The van der Waals surface area contributed by atoms with Crippen LogP contribution in [0.4, 0.5) is 4.79 Å². The first-order chi connectivity index (χ1) is 13.0. The van der Waals surface area contributed by atoms with Gasteiger partial charge < -0.3 is 19.9 Å². The number of carbonyl (C=O) groups excluding carboxylic acids is 2. The maximum Gasteiger partial charge on any atom is 0.318 e. The van der Waals surface area contributed by atoms with E-state index >= 15 is 0 Å². The Bertz CT molecular complexity index is 650. The van der Waals surface area contributed by atoms with Crippen LogP contribution in [0, 0.1) is 6.92 Å². The number of hydrogen-bond acceptors (Lipinski definition) is 3. The molecule has 2 aliphatic heterocycles. The standard InChI is InChI=1S/C21H31N3O3/c1-16-5-3-6-18(13-16)14-24(15-20-7-4-12-27-20)21(26)22-19-8-10-23(11-9-19)17(2)25/h3,5-6,13,19-20H,4,7-12,14-15H2,1-2H3,(H,22,26). The van der Waals surface area contributed by atoms with Gasteiger partial charge in [-0.15, -0.1) is 0 Å². The number of amides is 3. The van der Waals surface area contributed by atoms with Crippen LogP contribution in [0.1, 0.15) is 43.7 Å². The predicted octanol–water partition coefficient (Wildman–Crippen LogP) is 2.70. The van der Waals surface area contributed by atoms with E-state index in [2.05, 4.69) is 30.4 Å². The van der Waals surface area contributed by atoms with Gasteiger partial charge in [-0.05, 0) is 38.2 Å². The van der Waals surface area contributed by atoms with E-state index in [1.54, 1.807) is 6.92 Å². The third kappa shape index (κ3) is 5.70. The number of ether oxygens (including phenoxy) is 1. The minimum atomic E-state index is -0.0340. The Labute approximate surface area is 161 Å². The molecule has 3 rings (SSSR count). The van der Waals surface area contributed by atoms with E-state index in [0.29, 0.717) is 26.2 Å². The lowest BCUT2D eigenvalue weighted by Crippen LogP contribution is -2.51. The molecule has 0 aliphatic carbocycles. The molecule has 27 heavy (non-hydrogen) atoms. The predicted molar refractivity (Wildman–Crippen MR) is 104 cm³/mol. The van der Waals surface area contributed by atoms with E-state index in [1.165, 1.54) is 5.56 Å². The summed E-state index contributed by atoms with van der Waals surface area (Å²) in [6.07, 6.45) is 3.82. The molecule has 1 unspecified atom stereocenters. The van der Waals surface area contributed by atoms with E-state index in [1.807, 2.05) is 15.9 Å². The number of nitrogens with zero attached hydrogens (tertiary/aromatic N) is 2. The van der Waals surface area contributed by atoms with Crippen LogP contribution in [0.3, 0.4) is 0 Å². The second-order valence-electron chi connectivity index (χ2n) is 7.73. The van der Waals surface area contributed by atoms with Crippen molar-refractivity contribution in [3.63, 3.8) is 0 Å². The normalized spacial score (nSPS) is 20.5. The highest BCUT2D eigenvalue weighted by molar-refractivity contribution is 5.75. The summed E-state index contributed by atoms with van der Waals surface area (Å²) in [6.45, 7) is 7.08. The van der Waals surface area contributed by atoms with Gasteiger partial charge in [0.2, 0.25) is 5.91 Å². The first kappa shape index (κ1) is 19.7. The Morgan fingerprint density at radius 3 is 2.67 bits per heavy atom. The summed E-state index contributed by atoms with van der Waals surface area (Å²) < 4.78 is 5.76. The van der Waals surface area contributed by atoms with Crippen LogP contribution >= 0.6 is 0 Å². The number of piperidine rings is 1. The summed E-state index contributed by atoms with van der Waals surface area (Å²) in [7, 11) is 0. The molecule has 1 atom stereocenters. The first-order valence-corrected chi connectivity index (χ1v) is 9.99. The molecule has 0 radical (unpaired) electrons. The molecule has 1 aromatic carbocycles. The molecule has 1 aromatic rings. The molecule has 3 amide bonds. The van der Waals surface area contributed by atoms with Gasteiger partial charge in [0.15, 0.2) is 0 Å². The summed E-state index contributed by atoms with van der Waals surface area (Å²) in [5.74, 6) is 0.110. The van der Waals surface area contributed by atoms with Crippen molar-refractivity contribution in [1.82, 2.24) is 15.1 Å². The Morgan fingerprint density at radius 1 is 1.26 bits per heavy atom. The van der Waals surface area contributed by atoms with Crippen LogP contribution in [-0.2, 0) is 16.1 Å². The summed E-state index contributed by atoms with van der Waals surface area (Å²) in [5, 5.41) is 3.18. The Hall–Kier alpha value is -2.08. The fourth-order valence-corrected chi connectivity index (χ4v) is 3.89. The van der Waals surface area contributed by atoms with Gasteiger partial charge in [0.25, 0.3) is 0 Å². The highest BCUT2D eigenvalue weighted by Gasteiger charge is 2.26. The molecule has 0 saturated carbocycles. The van der Waals surface area contributed by atoms with Crippen molar-refractivity contribution in [1.29, 1.82) is 0 Å². The number of likely N-dealkylation sites (tertiary alicyclic amines) is 1. The zero-order chi connectivity index (χ0) is 19.2. The number of nitrogens with one attached hydrogen (secondary N) is 1. The quantitative estimate of drug-likeness (QED) is 0.863. The molecule has 0 aromatic heterocycles. The van der Waals surface area contributed by atoms with E-state index in [0.717, 1.165) is 37.9 Å². The van der Waals surface area contributed by atoms with E-state index in [4.69, 9.17) is 4.74 Å². The van der Waals surface area contributed by atoms with Gasteiger partial charge in [-0.3, -0.25) is 4.79 Å². The van der Waals surface area contributed by atoms with Crippen molar-refractivity contribution in [3.05, 3.63) is 35.4 Å². The smallest absolute Gasteiger partial charge is 0.318 e. The summed E-state index contributed by atoms with van der Waals surface area (Å²) in [4.78, 5) is 28.2. The molecule has 2 aliphatic rings. The van der Waals surface area contributed by atoms with E-state index in [9.17, 15) is 9.59 Å². The number of urea groups is 1. The largest absolute Gasteiger partial charge is 0.376 e. The van der Waals surface area contributed by atoms with Gasteiger partial charge in [-0.1, -0.05) is 29.8 Å². The molecule has 148 valence electrons. The lowest BCUT2D eigenvalue weighted by atomic mass is 10.1. The van der Waals surface area contributed by atoms with Gasteiger partial charge >= 0.3 is 6.03 Å². The molecule has 2 saturated heterocycles. The monoisotopic (exact) mass is 373 g/mol. The minimum Gasteiger partial charge on any atom is -0.376 e. The first-order valence-electron chi connectivity index (χ1n) is 9.99. The van der Waals surface area contributed by atoms with Crippen molar-refractivity contribution in [2.45, 2.75) is 58.2 Å². The van der Waals surface area contributed by atoms with Crippen LogP contribution in [-0.4, -0.2) is 60.1 Å². The van der Waals surface area contributed by atoms with Crippen molar-refractivity contribution < 1.29 is 14.3 Å². The van der Waals surface area contributed by atoms with Crippen LogP contribution < -0.4 is 5.32 Å². The second kappa shape index (κ2) is 9.22. The molecule has 6 heteroatoms. The minimum absolute atomic E-state index is 0.0340. The summed E-state index contributed by atoms with van der Waals surface area (Å²) >= 11 is 0. The molecular weight excluding hydrogens is 342 g/mol. The van der Waals surface area contributed by atoms with Crippen molar-refractivity contribution in [2.75, 3.05) is 26.2 Å². The summed E-state index contributed by atoms with van der Waals surface area (Å²) in [5.41, 5.74) is 2.33. The number of benzene rings is 1. The number of aryl methyl sites for hydroxylation is 1. The SMILES string of the molecule is CC(=O)N1CCC(NC(=O)N(Cc2cccc(C)c2)CC2CCCO2)CC1. The maximum absolute atomic E-state index is 13.0. The lowest BCUT2D eigenvalue weighted by Gasteiger charge is -2.34. The Balaban J connectivity index is 1.60. The van der Waals surface area contributed by atoms with Gasteiger partial charge in [-0.2, -0.15) is 0 Å². The van der Waals surface area contributed by atoms with Crippen molar-refractivity contribution >= 4 is 11.9 Å². The van der Waals surface area contributed by atoms with Crippen LogP contribution in [0.15, 0.2) is 24.3 Å². The van der Waals surface area contributed by atoms with Crippen LogP contribution in [0.2, 0.25) is 0 Å². The molecule has 2 heterocycles. The average Bonchev–Trinajstić information content (AvgIpc) is 3.15.